The van der Waals surface area contributed by atoms with Gasteiger partial charge in [-0.15, -0.1) is 5.10 Å². The normalized spacial score (nSPS) is 15.8. The number of nitrogens with zero attached hydrogens (tertiary/aromatic N) is 5. The third kappa shape index (κ3) is 4.80. The smallest absolute Gasteiger partial charge is 0.263 e. The molecule has 150 valence electrons. The largest absolute Gasteiger partial charge is 0.481 e. The van der Waals surface area contributed by atoms with Gasteiger partial charge in [0.25, 0.3) is 5.91 Å². The van der Waals surface area contributed by atoms with Crippen molar-refractivity contribution < 1.29 is 9.53 Å². The summed E-state index contributed by atoms with van der Waals surface area (Å²) in [5.74, 6) is 1.29. The van der Waals surface area contributed by atoms with E-state index in [0.717, 1.165) is 38.0 Å². The van der Waals surface area contributed by atoms with Gasteiger partial charge in [0.1, 0.15) is 12.1 Å². The Morgan fingerprint density at radius 2 is 1.93 bits per heavy atom. The minimum atomic E-state index is -0.537. The van der Waals surface area contributed by atoms with Crippen molar-refractivity contribution in [2.24, 2.45) is 5.92 Å². The molecule has 0 bridgehead atoms. The lowest BCUT2D eigenvalue weighted by Gasteiger charge is -2.33. The van der Waals surface area contributed by atoms with Crippen LogP contribution in [0.4, 0.5) is 0 Å². The first-order valence-corrected chi connectivity index (χ1v) is 10.0. The number of hydrogen-bond acceptors (Lipinski definition) is 5. The quantitative estimate of drug-likeness (QED) is 0.646. The number of amides is 1. The molecular weight excluding hydrogens is 366 g/mol. The van der Waals surface area contributed by atoms with Crippen molar-refractivity contribution in [3.63, 3.8) is 0 Å². The van der Waals surface area contributed by atoms with Crippen LogP contribution in [0.3, 0.4) is 0 Å². The summed E-state index contributed by atoms with van der Waals surface area (Å²) < 4.78 is 7.47. The SMILES string of the molecule is C[C@@H](Oc1cccc(-n2cnnn2)c1)C(=O)N1CCC(Cc2ccccc2)CC1. The van der Waals surface area contributed by atoms with Gasteiger partial charge in [-0.25, -0.2) is 4.68 Å². The highest BCUT2D eigenvalue weighted by Crippen LogP contribution is 2.23. The summed E-state index contributed by atoms with van der Waals surface area (Å²) in [6.45, 7) is 3.38. The lowest BCUT2D eigenvalue weighted by molar-refractivity contribution is -0.139. The first kappa shape index (κ1) is 19.1. The zero-order valence-electron chi connectivity index (χ0n) is 16.5. The number of piperidine rings is 1. The molecule has 1 aromatic heterocycles. The summed E-state index contributed by atoms with van der Waals surface area (Å²) in [6, 6.07) is 18.0. The van der Waals surface area contributed by atoms with Crippen LogP contribution in [0, 0.1) is 5.92 Å². The maximum absolute atomic E-state index is 12.8. The van der Waals surface area contributed by atoms with Crippen LogP contribution in [-0.2, 0) is 11.2 Å². The van der Waals surface area contributed by atoms with Crippen LogP contribution < -0.4 is 4.74 Å². The lowest BCUT2D eigenvalue weighted by Crippen LogP contribution is -2.45. The third-order valence-electron chi connectivity index (χ3n) is 5.39. The monoisotopic (exact) mass is 391 g/mol. The van der Waals surface area contributed by atoms with Crippen molar-refractivity contribution in [1.29, 1.82) is 0 Å². The number of carbonyl (C=O) groups is 1. The number of rotatable bonds is 6. The number of aromatic nitrogens is 4. The molecule has 1 aliphatic rings. The fourth-order valence-electron chi connectivity index (χ4n) is 3.80. The summed E-state index contributed by atoms with van der Waals surface area (Å²) in [6.07, 6.45) is 4.13. The van der Waals surface area contributed by atoms with E-state index >= 15 is 0 Å². The molecule has 0 aliphatic carbocycles. The van der Waals surface area contributed by atoms with Gasteiger partial charge >= 0.3 is 0 Å². The number of likely N-dealkylation sites (tertiary alicyclic amines) is 1. The van der Waals surface area contributed by atoms with Crippen LogP contribution in [0.5, 0.6) is 5.75 Å². The van der Waals surface area contributed by atoms with Gasteiger partial charge in [-0.05, 0) is 60.2 Å². The van der Waals surface area contributed by atoms with Gasteiger partial charge in [0.2, 0.25) is 0 Å². The van der Waals surface area contributed by atoms with Crippen molar-refractivity contribution in [3.8, 4) is 11.4 Å². The molecule has 1 aliphatic heterocycles. The topological polar surface area (TPSA) is 73.1 Å². The zero-order chi connectivity index (χ0) is 20.1. The van der Waals surface area contributed by atoms with E-state index in [9.17, 15) is 4.79 Å². The van der Waals surface area contributed by atoms with Crippen molar-refractivity contribution in [2.75, 3.05) is 13.1 Å². The first-order valence-electron chi connectivity index (χ1n) is 10.0. The fraction of sp³-hybridized carbons (Fsp3) is 0.364. The highest BCUT2D eigenvalue weighted by molar-refractivity contribution is 5.81. The second-order valence-electron chi connectivity index (χ2n) is 7.47. The first-order chi connectivity index (χ1) is 14.2. The lowest BCUT2D eigenvalue weighted by atomic mass is 9.90. The Balaban J connectivity index is 1.30. The van der Waals surface area contributed by atoms with Gasteiger partial charge in [-0.1, -0.05) is 36.4 Å². The van der Waals surface area contributed by atoms with Gasteiger partial charge in [0.15, 0.2) is 6.10 Å². The van der Waals surface area contributed by atoms with Crippen molar-refractivity contribution in [3.05, 3.63) is 66.5 Å². The average Bonchev–Trinajstić information content (AvgIpc) is 3.30. The van der Waals surface area contributed by atoms with Crippen molar-refractivity contribution in [1.82, 2.24) is 25.1 Å². The van der Waals surface area contributed by atoms with Gasteiger partial charge in [-0.3, -0.25) is 4.79 Å². The molecule has 7 nitrogen and oxygen atoms in total. The summed E-state index contributed by atoms with van der Waals surface area (Å²) in [5.41, 5.74) is 2.16. The Hall–Kier alpha value is -3.22. The predicted molar refractivity (Wildman–Crippen MR) is 109 cm³/mol. The fourth-order valence-corrected chi connectivity index (χ4v) is 3.80. The predicted octanol–water partition coefficient (Wildman–Crippen LogP) is 2.91. The molecule has 0 N–H and O–H groups in total. The van der Waals surface area contributed by atoms with E-state index in [4.69, 9.17) is 4.74 Å². The van der Waals surface area contributed by atoms with Gasteiger partial charge < -0.3 is 9.64 Å². The van der Waals surface area contributed by atoms with E-state index in [1.165, 1.54) is 11.9 Å². The number of carbonyl (C=O) groups excluding carboxylic acids is 1. The molecule has 1 fully saturated rings. The van der Waals surface area contributed by atoms with Crippen LogP contribution in [0.2, 0.25) is 0 Å². The Morgan fingerprint density at radius 3 is 2.66 bits per heavy atom. The van der Waals surface area contributed by atoms with Crippen molar-refractivity contribution in [2.45, 2.75) is 32.3 Å². The molecule has 0 saturated carbocycles. The molecule has 0 radical (unpaired) electrons. The van der Waals surface area contributed by atoms with Crippen LogP contribution in [0.1, 0.15) is 25.3 Å². The standard InChI is InChI=1S/C22H25N5O2/c1-17(29-21-9-5-8-20(15-21)27-16-23-24-25-27)22(28)26-12-10-19(11-13-26)14-18-6-3-2-4-7-18/h2-9,15-17,19H,10-14H2,1H3/t17-/m1/s1. The molecule has 7 heteroatoms. The maximum atomic E-state index is 12.8. The second-order valence-corrected chi connectivity index (χ2v) is 7.47. The van der Waals surface area contributed by atoms with E-state index in [-0.39, 0.29) is 5.91 Å². The molecule has 1 amide bonds. The molecule has 3 aromatic rings. The zero-order valence-corrected chi connectivity index (χ0v) is 16.5. The minimum Gasteiger partial charge on any atom is -0.481 e. The maximum Gasteiger partial charge on any atom is 0.263 e. The van der Waals surface area contributed by atoms with E-state index in [2.05, 4.69) is 39.8 Å². The van der Waals surface area contributed by atoms with E-state index in [1.54, 1.807) is 4.68 Å². The summed E-state index contributed by atoms with van der Waals surface area (Å²) in [4.78, 5) is 14.8. The Kier molecular flexibility index (Phi) is 5.84. The molecule has 2 heterocycles. The number of ether oxygens (including phenoxy) is 1. The van der Waals surface area contributed by atoms with E-state index in [0.29, 0.717) is 11.7 Å². The van der Waals surface area contributed by atoms with Gasteiger partial charge in [0, 0.05) is 19.2 Å². The second kappa shape index (κ2) is 8.86. The third-order valence-corrected chi connectivity index (χ3v) is 5.39. The summed E-state index contributed by atoms with van der Waals surface area (Å²) in [5, 5.41) is 11.2. The molecule has 0 spiro atoms. The van der Waals surface area contributed by atoms with E-state index in [1.807, 2.05) is 42.2 Å². The molecule has 1 atom stereocenters. The van der Waals surface area contributed by atoms with Gasteiger partial charge in [0.05, 0.1) is 5.69 Å². The summed E-state index contributed by atoms with van der Waals surface area (Å²) in [7, 11) is 0. The molecular formula is C22H25N5O2. The average molecular weight is 391 g/mol. The molecule has 2 aromatic carbocycles. The molecule has 0 unspecified atom stereocenters. The number of tetrazole rings is 1. The van der Waals surface area contributed by atoms with Crippen LogP contribution in [0.15, 0.2) is 60.9 Å². The Bertz CT molecular complexity index is 921. The highest BCUT2D eigenvalue weighted by Gasteiger charge is 2.27. The van der Waals surface area contributed by atoms with Crippen LogP contribution >= 0.6 is 0 Å². The number of hydrogen-bond donors (Lipinski definition) is 0. The minimum absolute atomic E-state index is 0.0380. The highest BCUT2D eigenvalue weighted by atomic mass is 16.5. The van der Waals surface area contributed by atoms with Crippen molar-refractivity contribution >= 4 is 5.91 Å². The molecule has 1 saturated heterocycles. The van der Waals surface area contributed by atoms with Gasteiger partial charge in [-0.2, -0.15) is 0 Å². The Labute approximate surface area is 170 Å². The number of benzene rings is 2. The van der Waals surface area contributed by atoms with E-state index < -0.39 is 6.10 Å². The van der Waals surface area contributed by atoms with Crippen LogP contribution in [-0.4, -0.2) is 50.2 Å². The Morgan fingerprint density at radius 1 is 1.14 bits per heavy atom. The molecule has 4 rings (SSSR count). The molecule has 29 heavy (non-hydrogen) atoms. The van der Waals surface area contributed by atoms with Crippen LogP contribution in [0.25, 0.3) is 5.69 Å². The summed E-state index contributed by atoms with van der Waals surface area (Å²) >= 11 is 0.